The van der Waals surface area contributed by atoms with Gasteiger partial charge in [-0.25, -0.2) is 4.98 Å². The molecule has 2 nitrogen and oxygen atoms in total. The summed E-state index contributed by atoms with van der Waals surface area (Å²) in [7, 11) is 0. The molecule has 0 N–H and O–H groups in total. The Bertz CT molecular complexity index is 525. The van der Waals surface area contributed by atoms with Crippen LogP contribution in [0.4, 0.5) is 0 Å². The molecule has 3 rings (SSSR count). The first-order valence-corrected chi connectivity index (χ1v) is 6.14. The minimum atomic E-state index is 0.795. The van der Waals surface area contributed by atoms with Crippen molar-refractivity contribution in [2.75, 3.05) is 0 Å². The molecule has 0 aliphatic heterocycles. The van der Waals surface area contributed by atoms with E-state index in [1.165, 1.54) is 18.4 Å². The highest BCUT2D eigenvalue weighted by molar-refractivity contribution is 5.63. The van der Waals surface area contributed by atoms with Crippen LogP contribution in [0.1, 0.15) is 31.6 Å². The zero-order chi connectivity index (χ0) is 11.5. The van der Waals surface area contributed by atoms with Gasteiger partial charge in [-0.05, 0) is 25.7 Å². The average Bonchev–Trinajstić information content (AvgIpc) is 2.90. The van der Waals surface area contributed by atoms with Crippen molar-refractivity contribution >= 4 is 5.57 Å². The number of rotatable bonds is 2. The molecule has 1 aliphatic rings. The maximum absolute atomic E-state index is 5.83. The average molecular weight is 225 g/mol. The summed E-state index contributed by atoms with van der Waals surface area (Å²) in [5.41, 5.74) is 2.35. The molecule has 2 heteroatoms. The van der Waals surface area contributed by atoms with E-state index in [0.717, 1.165) is 30.1 Å². The Balaban J connectivity index is 1.90. The predicted octanol–water partition coefficient (Wildman–Crippen LogP) is 4.30. The van der Waals surface area contributed by atoms with Gasteiger partial charge in [0.25, 0.3) is 0 Å². The SMILES string of the molecule is C1=C(c2ncc(-c3ccccc3)o2)CCCC1. The summed E-state index contributed by atoms with van der Waals surface area (Å²) in [6.45, 7) is 0. The second-order valence-electron chi connectivity index (χ2n) is 4.37. The summed E-state index contributed by atoms with van der Waals surface area (Å²) in [4.78, 5) is 4.38. The first-order chi connectivity index (χ1) is 8.43. The number of oxazole rings is 1. The van der Waals surface area contributed by atoms with E-state index in [4.69, 9.17) is 4.42 Å². The smallest absolute Gasteiger partial charge is 0.222 e. The molecule has 1 aliphatic carbocycles. The lowest BCUT2D eigenvalue weighted by molar-refractivity contribution is 0.547. The monoisotopic (exact) mass is 225 g/mol. The summed E-state index contributed by atoms with van der Waals surface area (Å²) < 4.78 is 5.83. The lowest BCUT2D eigenvalue weighted by Gasteiger charge is -2.08. The van der Waals surface area contributed by atoms with E-state index >= 15 is 0 Å². The van der Waals surface area contributed by atoms with Crippen LogP contribution in [0.2, 0.25) is 0 Å². The molecular weight excluding hydrogens is 210 g/mol. The van der Waals surface area contributed by atoms with Crippen LogP contribution in [0.5, 0.6) is 0 Å². The van der Waals surface area contributed by atoms with Gasteiger partial charge in [0.2, 0.25) is 5.89 Å². The second kappa shape index (κ2) is 4.58. The Hall–Kier alpha value is -1.83. The first-order valence-electron chi connectivity index (χ1n) is 6.14. The normalized spacial score (nSPS) is 15.6. The summed E-state index contributed by atoms with van der Waals surface area (Å²) in [6.07, 6.45) is 8.85. The number of allylic oxidation sites excluding steroid dienone is 2. The van der Waals surface area contributed by atoms with Gasteiger partial charge in [-0.15, -0.1) is 0 Å². The molecule has 0 amide bonds. The highest BCUT2D eigenvalue weighted by Crippen LogP contribution is 2.29. The van der Waals surface area contributed by atoms with E-state index in [0.29, 0.717) is 0 Å². The molecular formula is C15H15NO. The Morgan fingerprint density at radius 1 is 1.06 bits per heavy atom. The topological polar surface area (TPSA) is 26.0 Å². The molecule has 0 unspecified atom stereocenters. The molecule has 1 aromatic heterocycles. The van der Waals surface area contributed by atoms with Crippen molar-refractivity contribution in [2.24, 2.45) is 0 Å². The zero-order valence-corrected chi connectivity index (χ0v) is 9.73. The van der Waals surface area contributed by atoms with Crippen LogP contribution in [0.25, 0.3) is 16.9 Å². The lowest BCUT2D eigenvalue weighted by atomic mass is 10.00. The van der Waals surface area contributed by atoms with Gasteiger partial charge >= 0.3 is 0 Å². The third-order valence-corrected chi connectivity index (χ3v) is 3.13. The summed E-state index contributed by atoms with van der Waals surface area (Å²) >= 11 is 0. The molecule has 17 heavy (non-hydrogen) atoms. The van der Waals surface area contributed by atoms with E-state index in [-0.39, 0.29) is 0 Å². The summed E-state index contributed by atoms with van der Waals surface area (Å²) in [6, 6.07) is 10.1. The lowest BCUT2D eigenvalue weighted by Crippen LogP contribution is -1.91. The number of aromatic nitrogens is 1. The number of benzene rings is 1. The van der Waals surface area contributed by atoms with Gasteiger partial charge in [0, 0.05) is 11.1 Å². The van der Waals surface area contributed by atoms with Crippen LogP contribution in [0.15, 0.2) is 47.0 Å². The minimum Gasteiger partial charge on any atom is -0.437 e. The van der Waals surface area contributed by atoms with Crippen LogP contribution in [0.3, 0.4) is 0 Å². The van der Waals surface area contributed by atoms with Crippen LogP contribution < -0.4 is 0 Å². The number of hydrogen-bond donors (Lipinski definition) is 0. The van der Waals surface area contributed by atoms with E-state index in [9.17, 15) is 0 Å². The Morgan fingerprint density at radius 2 is 1.94 bits per heavy atom. The van der Waals surface area contributed by atoms with E-state index < -0.39 is 0 Å². The van der Waals surface area contributed by atoms with Crippen LogP contribution in [-0.2, 0) is 0 Å². The third kappa shape index (κ3) is 2.16. The van der Waals surface area contributed by atoms with Gasteiger partial charge in [0.05, 0.1) is 6.20 Å². The third-order valence-electron chi connectivity index (χ3n) is 3.13. The number of hydrogen-bond acceptors (Lipinski definition) is 2. The van der Waals surface area contributed by atoms with Crippen molar-refractivity contribution in [1.29, 1.82) is 0 Å². The Labute approximate surface area is 101 Å². The quantitative estimate of drug-likeness (QED) is 0.761. The molecule has 0 saturated carbocycles. The zero-order valence-electron chi connectivity index (χ0n) is 9.73. The van der Waals surface area contributed by atoms with Gasteiger partial charge < -0.3 is 4.42 Å². The van der Waals surface area contributed by atoms with Crippen LogP contribution in [0, 0.1) is 0 Å². The van der Waals surface area contributed by atoms with Crippen molar-refractivity contribution in [3.8, 4) is 11.3 Å². The molecule has 0 radical (unpaired) electrons. The molecule has 0 saturated heterocycles. The van der Waals surface area contributed by atoms with Gasteiger partial charge in [-0.1, -0.05) is 36.4 Å². The maximum atomic E-state index is 5.83. The molecule has 1 heterocycles. The molecule has 0 spiro atoms. The van der Waals surface area contributed by atoms with Gasteiger partial charge in [0.15, 0.2) is 5.76 Å². The fraction of sp³-hybridized carbons (Fsp3) is 0.267. The highest BCUT2D eigenvalue weighted by atomic mass is 16.4. The summed E-state index contributed by atoms with van der Waals surface area (Å²) in [5.74, 6) is 1.65. The molecule has 0 fully saturated rings. The van der Waals surface area contributed by atoms with E-state index in [1.807, 2.05) is 36.5 Å². The number of nitrogens with zero attached hydrogens (tertiary/aromatic N) is 1. The van der Waals surface area contributed by atoms with Crippen molar-refractivity contribution in [1.82, 2.24) is 4.98 Å². The van der Waals surface area contributed by atoms with E-state index in [2.05, 4.69) is 11.1 Å². The first kappa shape index (κ1) is 10.3. The fourth-order valence-corrected chi connectivity index (χ4v) is 2.19. The van der Waals surface area contributed by atoms with Crippen molar-refractivity contribution in [3.63, 3.8) is 0 Å². The van der Waals surface area contributed by atoms with E-state index in [1.54, 1.807) is 0 Å². The largest absolute Gasteiger partial charge is 0.437 e. The second-order valence-corrected chi connectivity index (χ2v) is 4.37. The van der Waals surface area contributed by atoms with Crippen molar-refractivity contribution < 1.29 is 4.42 Å². The van der Waals surface area contributed by atoms with Gasteiger partial charge in [-0.3, -0.25) is 0 Å². The fourth-order valence-electron chi connectivity index (χ4n) is 2.19. The summed E-state index contributed by atoms with van der Waals surface area (Å²) in [5, 5.41) is 0. The maximum Gasteiger partial charge on any atom is 0.222 e. The molecule has 0 atom stereocenters. The highest BCUT2D eigenvalue weighted by Gasteiger charge is 2.12. The van der Waals surface area contributed by atoms with Gasteiger partial charge in [0.1, 0.15) is 0 Å². The molecule has 0 bridgehead atoms. The van der Waals surface area contributed by atoms with Crippen LogP contribution in [-0.4, -0.2) is 4.98 Å². The van der Waals surface area contributed by atoms with Crippen molar-refractivity contribution in [3.05, 3.63) is 48.5 Å². The Morgan fingerprint density at radius 3 is 2.71 bits per heavy atom. The minimum absolute atomic E-state index is 0.795. The van der Waals surface area contributed by atoms with Crippen LogP contribution >= 0.6 is 0 Å². The standard InChI is InChI=1S/C15H15NO/c1-3-7-12(8-4-1)14-11-16-15(17-14)13-9-5-2-6-10-13/h1,3-4,7-9,11H,2,5-6,10H2. The molecule has 2 aromatic rings. The van der Waals surface area contributed by atoms with Gasteiger partial charge in [-0.2, -0.15) is 0 Å². The predicted molar refractivity (Wildman–Crippen MR) is 68.4 cm³/mol. The molecule has 86 valence electrons. The molecule has 1 aromatic carbocycles. The van der Waals surface area contributed by atoms with Crippen molar-refractivity contribution in [2.45, 2.75) is 25.7 Å². The Kier molecular flexibility index (Phi) is 2.78.